The molecule has 2 fully saturated rings. The van der Waals surface area contributed by atoms with E-state index in [0.717, 1.165) is 39.0 Å². The first-order valence-corrected chi connectivity index (χ1v) is 8.47. The molecular weight excluding hydrogens is 331 g/mol. The van der Waals surface area contributed by atoms with E-state index in [1.54, 1.807) is 6.20 Å². The third kappa shape index (κ3) is 2.59. The predicted octanol–water partition coefficient (Wildman–Crippen LogP) is 2.37. The maximum absolute atomic E-state index is 13.2. The zero-order valence-electron chi connectivity index (χ0n) is 13.1. The van der Waals surface area contributed by atoms with Crippen LogP contribution in [0.4, 0.5) is 10.1 Å². The van der Waals surface area contributed by atoms with Crippen LogP contribution in [-0.2, 0) is 5.54 Å². The van der Waals surface area contributed by atoms with Gasteiger partial charge in [0.25, 0.3) is 5.56 Å². The van der Waals surface area contributed by atoms with Crippen molar-refractivity contribution in [1.82, 2.24) is 15.1 Å². The molecule has 2 aliphatic rings. The smallest absolute Gasteiger partial charge is 0.285 e. The predicted molar refractivity (Wildman–Crippen MR) is 91.0 cm³/mol. The van der Waals surface area contributed by atoms with Gasteiger partial charge in [-0.1, -0.05) is 23.7 Å². The Morgan fingerprint density at radius 3 is 2.42 bits per heavy atom. The summed E-state index contributed by atoms with van der Waals surface area (Å²) >= 11 is 6.10. The average Bonchev–Trinajstić information content (AvgIpc) is 3.40. The van der Waals surface area contributed by atoms with E-state index in [1.807, 2.05) is 12.1 Å². The van der Waals surface area contributed by atoms with Gasteiger partial charge in [-0.2, -0.15) is 5.10 Å². The molecule has 0 amide bonds. The van der Waals surface area contributed by atoms with Gasteiger partial charge in [-0.25, -0.2) is 9.49 Å². The summed E-state index contributed by atoms with van der Waals surface area (Å²) in [5.41, 5.74) is 1.57. The molecule has 5 nitrogen and oxygen atoms in total. The molecule has 1 aromatic carbocycles. The number of aromatic amines is 1. The Labute approximate surface area is 144 Å². The number of piperazine rings is 1. The van der Waals surface area contributed by atoms with E-state index >= 15 is 0 Å². The number of anilines is 1. The Morgan fingerprint density at radius 1 is 1.12 bits per heavy atom. The monoisotopic (exact) mass is 348 g/mol. The Bertz CT molecular complexity index is 795. The molecule has 7 heteroatoms. The maximum atomic E-state index is 13.2. The molecule has 0 radical (unpaired) electrons. The summed E-state index contributed by atoms with van der Waals surface area (Å²) in [5.74, 6) is -0.198. The second-order valence-corrected chi connectivity index (χ2v) is 6.79. The number of nitrogens with zero attached hydrogens (tertiary/aromatic N) is 3. The molecular formula is C17H18ClFN4O. The minimum atomic E-state index is -0.360. The molecule has 1 saturated heterocycles. The van der Waals surface area contributed by atoms with Crippen LogP contribution in [0.5, 0.6) is 0 Å². The molecule has 1 aliphatic heterocycles. The van der Waals surface area contributed by atoms with Gasteiger partial charge in [0.1, 0.15) is 10.8 Å². The first-order chi connectivity index (χ1) is 11.6. The van der Waals surface area contributed by atoms with Crippen molar-refractivity contribution in [2.45, 2.75) is 18.4 Å². The number of hydrogen-bond donors (Lipinski definition) is 1. The van der Waals surface area contributed by atoms with Crippen LogP contribution in [0.2, 0.25) is 5.02 Å². The fourth-order valence-corrected chi connectivity index (χ4v) is 3.85. The molecule has 126 valence electrons. The molecule has 4 rings (SSSR count). The number of nitrogens with one attached hydrogen (secondary N) is 1. The molecule has 1 N–H and O–H groups in total. The van der Waals surface area contributed by atoms with Crippen LogP contribution in [-0.4, -0.2) is 41.3 Å². The second-order valence-electron chi connectivity index (χ2n) is 6.41. The van der Waals surface area contributed by atoms with Crippen LogP contribution in [0.1, 0.15) is 18.4 Å². The first kappa shape index (κ1) is 15.6. The number of rotatable bonds is 3. The summed E-state index contributed by atoms with van der Waals surface area (Å²) in [6, 6.07) is 6.86. The minimum absolute atomic E-state index is 0.0516. The van der Waals surface area contributed by atoms with Gasteiger partial charge in [-0.15, -0.1) is 0 Å². The third-order valence-corrected chi connectivity index (χ3v) is 5.47. The van der Waals surface area contributed by atoms with Crippen LogP contribution in [0.25, 0.3) is 0 Å². The summed E-state index contributed by atoms with van der Waals surface area (Å²) in [5, 5.41) is 6.38. The van der Waals surface area contributed by atoms with Crippen molar-refractivity contribution in [3.8, 4) is 0 Å². The highest BCUT2D eigenvalue weighted by molar-refractivity contribution is 6.33. The number of aromatic nitrogens is 2. The summed E-state index contributed by atoms with van der Waals surface area (Å²) in [4.78, 5) is 16.2. The molecule has 1 saturated carbocycles. The van der Waals surface area contributed by atoms with E-state index in [1.165, 1.54) is 17.7 Å². The van der Waals surface area contributed by atoms with E-state index in [0.29, 0.717) is 5.69 Å². The molecule has 0 unspecified atom stereocenters. The van der Waals surface area contributed by atoms with Crippen molar-refractivity contribution in [2.75, 3.05) is 31.1 Å². The van der Waals surface area contributed by atoms with Crippen molar-refractivity contribution >= 4 is 17.3 Å². The zero-order valence-corrected chi connectivity index (χ0v) is 13.9. The molecule has 0 bridgehead atoms. The molecule has 1 aliphatic carbocycles. The Kier molecular flexibility index (Phi) is 3.81. The van der Waals surface area contributed by atoms with Crippen LogP contribution in [0.3, 0.4) is 0 Å². The van der Waals surface area contributed by atoms with Gasteiger partial charge >= 0.3 is 0 Å². The molecule has 24 heavy (non-hydrogen) atoms. The number of hydrogen-bond acceptors (Lipinski definition) is 4. The van der Waals surface area contributed by atoms with Crippen LogP contribution < -0.4 is 10.5 Å². The quantitative estimate of drug-likeness (QED) is 0.925. The normalized spacial score (nSPS) is 20.2. The number of halogens is 2. The highest BCUT2D eigenvalue weighted by Crippen LogP contribution is 2.51. The van der Waals surface area contributed by atoms with Crippen molar-refractivity contribution in [2.24, 2.45) is 0 Å². The van der Waals surface area contributed by atoms with Gasteiger partial charge in [0.05, 0.1) is 11.9 Å². The highest BCUT2D eigenvalue weighted by Gasteiger charge is 2.49. The van der Waals surface area contributed by atoms with E-state index in [9.17, 15) is 9.18 Å². The minimum Gasteiger partial charge on any atom is -0.366 e. The Balaban J connectivity index is 1.49. The lowest BCUT2D eigenvalue weighted by atomic mass is 10.0. The lowest BCUT2D eigenvalue weighted by molar-refractivity contribution is 0.166. The molecule has 1 aromatic heterocycles. The van der Waals surface area contributed by atoms with Gasteiger partial charge in [0, 0.05) is 31.7 Å². The van der Waals surface area contributed by atoms with Gasteiger partial charge in [-0.3, -0.25) is 9.69 Å². The van der Waals surface area contributed by atoms with Crippen molar-refractivity contribution in [3.63, 3.8) is 0 Å². The van der Waals surface area contributed by atoms with Crippen LogP contribution >= 0.6 is 11.6 Å². The van der Waals surface area contributed by atoms with Crippen LogP contribution in [0, 0.1) is 5.82 Å². The molecule has 0 atom stereocenters. The van der Waals surface area contributed by atoms with Crippen LogP contribution in [0.15, 0.2) is 35.3 Å². The van der Waals surface area contributed by atoms with Crippen molar-refractivity contribution in [3.05, 3.63) is 57.2 Å². The van der Waals surface area contributed by atoms with Gasteiger partial charge in [-0.05, 0) is 30.5 Å². The fourth-order valence-electron chi connectivity index (χ4n) is 3.64. The van der Waals surface area contributed by atoms with E-state index < -0.39 is 0 Å². The van der Waals surface area contributed by atoms with E-state index in [2.05, 4.69) is 20.0 Å². The van der Waals surface area contributed by atoms with Crippen molar-refractivity contribution in [1.29, 1.82) is 0 Å². The van der Waals surface area contributed by atoms with E-state index in [-0.39, 0.29) is 21.9 Å². The third-order valence-electron chi connectivity index (χ3n) is 5.11. The Morgan fingerprint density at radius 2 is 1.79 bits per heavy atom. The van der Waals surface area contributed by atoms with Gasteiger partial charge < -0.3 is 4.90 Å². The SMILES string of the molecule is O=c1[nH]ncc(N2CCN(C3(c4ccc(F)cc4)CC3)CC2)c1Cl. The maximum Gasteiger partial charge on any atom is 0.285 e. The first-order valence-electron chi connectivity index (χ1n) is 8.09. The van der Waals surface area contributed by atoms with Gasteiger partial charge in [0.15, 0.2) is 0 Å². The summed E-state index contributed by atoms with van der Waals surface area (Å²) in [6.45, 7) is 3.32. The van der Waals surface area contributed by atoms with Crippen molar-refractivity contribution < 1.29 is 4.39 Å². The fraction of sp³-hybridized carbons (Fsp3) is 0.412. The number of benzene rings is 1. The standard InChI is InChI=1S/C17H18ClFN4O/c18-15-14(11-20-21-16(15)24)22-7-9-23(10-8-22)17(5-6-17)12-1-3-13(19)4-2-12/h1-4,11H,5-10H2,(H,21,24). The lowest BCUT2D eigenvalue weighted by Gasteiger charge is -2.41. The number of H-pyrrole nitrogens is 1. The van der Waals surface area contributed by atoms with E-state index in [4.69, 9.17) is 11.6 Å². The Hall–Kier alpha value is -1.92. The topological polar surface area (TPSA) is 52.2 Å². The second kappa shape index (κ2) is 5.86. The molecule has 2 aromatic rings. The lowest BCUT2D eigenvalue weighted by Crippen LogP contribution is -2.50. The average molecular weight is 349 g/mol. The summed E-state index contributed by atoms with van der Waals surface area (Å²) < 4.78 is 13.2. The summed E-state index contributed by atoms with van der Waals surface area (Å²) in [6.07, 6.45) is 3.81. The zero-order chi connectivity index (χ0) is 16.7. The molecule has 2 heterocycles. The van der Waals surface area contributed by atoms with Gasteiger partial charge in [0.2, 0.25) is 0 Å². The molecule has 0 spiro atoms. The summed E-state index contributed by atoms with van der Waals surface area (Å²) in [7, 11) is 0. The highest BCUT2D eigenvalue weighted by atomic mass is 35.5. The largest absolute Gasteiger partial charge is 0.366 e.